The fourth-order valence-electron chi connectivity index (χ4n) is 5.36. The number of hydrogen-bond acceptors (Lipinski definition) is 2. The van der Waals surface area contributed by atoms with Crippen LogP contribution in [0.5, 0.6) is 0 Å². The average molecular weight is 418 g/mol. The summed E-state index contributed by atoms with van der Waals surface area (Å²) in [6.07, 6.45) is 0. The molecule has 3 heteroatoms. The van der Waals surface area contributed by atoms with Crippen molar-refractivity contribution in [2.24, 2.45) is 0 Å². The summed E-state index contributed by atoms with van der Waals surface area (Å²) >= 11 is 0. The first-order valence-electron chi connectivity index (χ1n) is 11.2. The zero-order valence-corrected chi connectivity index (χ0v) is 19.0. The second-order valence-electron chi connectivity index (χ2n) is 9.19. The van der Waals surface area contributed by atoms with E-state index in [1.807, 2.05) is 0 Å². The Bertz CT molecular complexity index is 1480. The Hall–Kier alpha value is -3.72. The molecular formula is C29H27N3. The Morgan fingerprint density at radius 3 is 2.09 bits per heavy atom. The molecule has 158 valence electrons. The SMILES string of the molecule is Cc1ccc2c(c1N1c3ccccc3N(C)C1(C)C)c1ccccc1n2-c1ccccc1. The lowest BCUT2D eigenvalue weighted by atomic mass is 10.0. The first-order chi connectivity index (χ1) is 15.5. The summed E-state index contributed by atoms with van der Waals surface area (Å²) in [6.45, 7) is 6.85. The van der Waals surface area contributed by atoms with Gasteiger partial charge in [0.1, 0.15) is 5.66 Å². The highest BCUT2D eigenvalue weighted by Crippen LogP contribution is 2.52. The molecule has 1 aliphatic heterocycles. The molecule has 4 aromatic carbocycles. The maximum absolute atomic E-state index is 2.53. The molecule has 0 saturated carbocycles. The Morgan fingerprint density at radius 2 is 1.31 bits per heavy atom. The summed E-state index contributed by atoms with van der Waals surface area (Å²) in [5, 5.41) is 2.59. The van der Waals surface area contributed by atoms with Crippen molar-refractivity contribution in [1.29, 1.82) is 0 Å². The van der Waals surface area contributed by atoms with E-state index in [9.17, 15) is 0 Å². The predicted molar refractivity (Wildman–Crippen MR) is 137 cm³/mol. The van der Waals surface area contributed by atoms with E-state index < -0.39 is 0 Å². The van der Waals surface area contributed by atoms with Crippen molar-refractivity contribution in [3.8, 4) is 5.69 Å². The molecular weight excluding hydrogens is 390 g/mol. The zero-order chi connectivity index (χ0) is 22.0. The van der Waals surface area contributed by atoms with Gasteiger partial charge in [0.15, 0.2) is 0 Å². The van der Waals surface area contributed by atoms with Gasteiger partial charge in [-0.1, -0.05) is 54.6 Å². The summed E-state index contributed by atoms with van der Waals surface area (Å²) in [6, 6.07) is 32.7. The molecule has 0 atom stereocenters. The van der Waals surface area contributed by atoms with Gasteiger partial charge in [-0.2, -0.15) is 0 Å². The minimum atomic E-state index is -0.196. The maximum atomic E-state index is 2.53. The molecule has 3 nitrogen and oxygen atoms in total. The Balaban J connectivity index is 1.77. The first kappa shape index (κ1) is 19.0. The van der Waals surface area contributed by atoms with Gasteiger partial charge in [-0.15, -0.1) is 0 Å². The number of rotatable bonds is 2. The van der Waals surface area contributed by atoms with E-state index in [0.717, 1.165) is 0 Å². The molecule has 0 aliphatic carbocycles. The molecule has 0 unspecified atom stereocenters. The standard InChI is InChI=1S/C29H27N3/c1-20-18-19-26-27(22-14-8-9-15-23(22)31(26)21-12-6-5-7-13-21)28(20)32-25-17-11-10-16-24(25)30(4)29(32,2)3/h5-19H,1-4H3. The molecule has 0 spiro atoms. The van der Waals surface area contributed by atoms with Crippen molar-refractivity contribution in [3.63, 3.8) is 0 Å². The van der Waals surface area contributed by atoms with Crippen LogP contribution in [0.1, 0.15) is 19.4 Å². The Morgan fingerprint density at radius 1 is 0.656 bits per heavy atom. The van der Waals surface area contributed by atoms with Crippen LogP contribution >= 0.6 is 0 Å². The molecule has 0 radical (unpaired) electrons. The molecule has 0 bridgehead atoms. The normalized spacial score (nSPS) is 15.0. The highest BCUT2D eigenvalue weighted by atomic mass is 15.4. The van der Waals surface area contributed by atoms with Crippen LogP contribution in [0, 0.1) is 6.92 Å². The second-order valence-corrected chi connectivity index (χ2v) is 9.19. The topological polar surface area (TPSA) is 11.4 Å². The third kappa shape index (κ3) is 2.42. The summed E-state index contributed by atoms with van der Waals surface area (Å²) < 4.78 is 2.40. The van der Waals surface area contributed by atoms with Gasteiger partial charge in [-0.05, 0) is 62.7 Å². The zero-order valence-electron chi connectivity index (χ0n) is 19.0. The van der Waals surface area contributed by atoms with Crippen molar-refractivity contribution < 1.29 is 0 Å². The van der Waals surface area contributed by atoms with Crippen molar-refractivity contribution in [2.45, 2.75) is 26.4 Å². The van der Waals surface area contributed by atoms with Crippen LogP contribution in [0.15, 0.2) is 91.0 Å². The molecule has 32 heavy (non-hydrogen) atoms. The number of hydrogen-bond donors (Lipinski definition) is 0. The molecule has 1 aromatic heterocycles. The third-order valence-electron chi connectivity index (χ3n) is 7.10. The number of aromatic nitrogens is 1. The van der Waals surface area contributed by atoms with Crippen LogP contribution in [-0.4, -0.2) is 17.3 Å². The van der Waals surface area contributed by atoms with Crippen LogP contribution in [0.3, 0.4) is 0 Å². The number of aryl methyl sites for hydroxylation is 1. The summed E-state index contributed by atoms with van der Waals surface area (Å²) in [7, 11) is 2.20. The van der Waals surface area contributed by atoms with Gasteiger partial charge in [0.25, 0.3) is 0 Å². The highest BCUT2D eigenvalue weighted by molar-refractivity contribution is 6.17. The van der Waals surface area contributed by atoms with Crippen LogP contribution < -0.4 is 9.80 Å². The predicted octanol–water partition coefficient (Wildman–Crippen LogP) is 7.42. The van der Waals surface area contributed by atoms with Crippen molar-refractivity contribution in [2.75, 3.05) is 16.8 Å². The molecule has 0 fully saturated rings. The van der Waals surface area contributed by atoms with Gasteiger partial charge in [-0.25, -0.2) is 0 Å². The third-order valence-corrected chi connectivity index (χ3v) is 7.10. The summed E-state index contributed by atoms with van der Waals surface area (Å²) in [4.78, 5) is 4.92. The lowest BCUT2D eigenvalue weighted by Crippen LogP contribution is -2.48. The van der Waals surface area contributed by atoms with Gasteiger partial charge >= 0.3 is 0 Å². The molecule has 0 saturated heterocycles. The monoisotopic (exact) mass is 417 g/mol. The highest BCUT2D eigenvalue weighted by Gasteiger charge is 2.42. The minimum Gasteiger partial charge on any atom is -0.350 e. The molecule has 0 N–H and O–H groups in total. The van der Waals surface area contributed by atoms with Crippen LogP contribution in [-0.2, 0) is 0 Å². The summed E-state index contributed by atoms with van der Waals surface area (Å²) in [5.41, 5.74) is 8.56. The van der Waals surface area contributed by atoms with Crippen molar-refractivity contribution in [3.05, 3.63) is 96.6 Å². The van der Waals surface area contributed by atoms with Gasteiger partial charge in [-0.3, -0.25) is 0 Å². The van der Waals surface area contributed by atoms with Crippen LogP contribution in [0.2, 0.25) is 0 Å². The number of nitrogens with zero attached hydrogens (tertiary/aromatic N) is 3. The van der Waals surface area contributed by atoms with Gasteiger partial charge < -0.3 is 14.4 Å². The Labute approximate surface area is 189 Å². The fourth-order valence-corrected chi connectivity index (χ4v) is 5.36. The number of benzene rings is 4. The van der Waals surface area contributed by atoms with Gasteiger partial charge in [0.05, 0.1) is 28.1 Å². The molecule has 5 aromatic rings. The smallest absolute Gasteiger partial charge is 0.111 e. The lowest BCUT2D eigenvalue weighted by Gasteiger charge is -2.39. The van der Waals surface area contributed by atoms with Crippen molar-refractivity contribution >= 4 is 38.9 Å². The van der Waals surface area contributed by atoms with Crippen LogP contribution in [0.25, 0.3) is 27.5 Å². The molecule has 6 rings (SSSR count). The van der Waals surface area contributed by atoms with E-state index >= 15 is 0 Å². The Kier molecular flexibility index (Phi) is 3.94. The number of anilines is 3. The number of para-hydroxylation sites is 4. The van der Waals surface area contributed by atoms with E-state index in [4.69, 9.17) is 0 Å². The minimum absolute atomic E-state index is 0.196. The second kappa shape index (κ2) is 6.64. The van der Waals surface area contributed by atoms with Crippen molar-refractivity contribution in [1.82, 2.24) is 4.57 Å². The maximum Gasteiger partial charge on any atom is 0.111 e. The van der Waals surface area contributed by atoms with E-state index in [2.05, 4.69) is 133 Å². The van der Waals surface area contributed by atoms with Gasteiger partial charge in [0, 0.05) is 23.5 Å². The lowest BCUT2D eigenvalue weighted by molar-refractivity contribution is 0.522. The van der Waals surface area contributed by atoms with E-state index in [0.29, 0.717) is 0 Å². The summed E-state index contributed by atoms with van der Waals surface area (Å²) in [5.74, 6) is 0. The molecule has 0 amide bonds. The van der Waals surface area contributed by atoms with Crippen LogP contribution in [0.4, 0.5) is 17.1 Å². The van der Waals surface area contributed by atoms with E-state index in [1.54, 1.807) is 0 Å². The van der Waals surface area contributed by atoms with E-state index in [1.165, 1.54) is 50.1 Å². The van der Waals surface area contributed by atoms with Gasteiger partial charge in [0.2, 0.25) is 0 Å². The van der Waals surface area contributed by atoms with E-state index in [-0.39, 0.29) is 5.66 Å². The largest absolute Gasteiger partial charge is 0.350 e. The fraction of sp³-hybridized carbons (Fsp3) is 0.172. The molecule has 1 aliphatic rings. The quantitative estimate of drug-likeness (QED) is 0.296. The first-order valence-corrected chi connectivity index (χ1v) is 11.2. The number of fused-ring (bicyclic) bond motifs is 4. The molecule has 2 heterocycles. The average Bonchev–Trinajstić information content (AvgIpc) is 3.24.